The summed E-state index contributed by atoms with van der Waals surface area (Å²) in [6.07, 6.45) is -1.47. The molecule has 6 aromatic rings. The summed E-state index contributed by atoms with van der Waals surface area (Å²) < 4.78 is 94.4. The molecule has 0 saturated carbocycles. The fraction of sp³-hybridized carbons (Fsp3) is 0.480. The van der Waals surface area contributed by atoms with Crippen molar-refractivity contribution in [1.82, 2.24) is 39.0 Å². The number of phosphoric acid groups is 2. The smallest absolute Gasteiger partial charge is 0.475 e. The maximum absolute atomic E-state index is 15.1. The summed E-state index contributed by atoms with van der Waals surface area (Å²) in [7, 11) is -9.32. The molecule has 2 aromatic carbocycles. The largest absolute Gasteiger partial charge is 0.484 e. The summed E-state index contributed by atoms with van der Waals surface area (Å²) in [6, 6.07) is 17.6. The van der Waals surface area contributed by atoms with Crippen molar-refractivity contribution < 1.29 is 74.4 Å². The third-order valence-corrected chi connectivity index (χ3v) is 17.6. The number of hydrogen-bond donors (Lipinski definition) is 2. The molecule has 30 heteroatoms. The van der Waals surface area contributed by atoms with Crippen LogP contribution in [0.4, 0.5) is 11.6 Å². The van der Waals surface area contributed by atoms with Crippen LogP contribution in [-0.2, 0) is 64.9 Å². The van der Waals surface area contributed by atoms with Crippen LogP contribution in [-0.4, -0.2) is 137 Å². The number of amides is 2. The van der Waals surface area contributed by atoms with Crippen molar-refractivity contribution in [2.75, 3.05) is 61.8 Å². The zero-order valence-corrected chi connectivity index (χ0v) is 47.9. The molecule has 7 heterocycles. The highest BCUT2D eigenvalue weighted by Gasteiger charge is 2.49. The quantitative estimate of drug-likeness (QED) is 0.0609. The summed E-state index contributed by atoms with van der Waals surface area (Å²) in [5.74, 6) is 0.343. The minimum Gasteiger partial charge on any atom is -0.484 e. The Morgan fingerprint density at radius 3 is 1.38 bits per heavy atom. The molecule has 8 atom stereocenters. The predicted octanol–water partition coefficient (Wildman–Crippen LogP) is 7.95. The number of para-hydroxylation sites is 2. The van der Waals surface area contributed by atoms with Gasteiger partial charge in [-0.25, -0.2) is 39.0 Å². The Labute approximate surface area is 468 Å². The van der Waals surface area contributed by atoms with E-state index in [2.05, 4.69) is 40.5 Å². The van der Waals surface area contributed by atoms with Crippen LogP contribution in [0.2, 0.25) is 0 Å². The van der Waals surface area contributed by atoms with E-state index in [4.69, 9.17) is 46.1 Å². The average Bonchev–Trinajstić information content (AvgIpc) is 4.26. The van der Waals surface area contributed by atoms with Gasteiger partial charge in [0.2, 0.25) is 0 Å². The number of carbonyl (C=O) groups is 4. The van der Waals surface area contributed by atoms with Gasteiger partial charge < -0.3 is 29.6 Å². The van der Waals surface area contributed by atoms with Gasteiger partial charge in [0.15, 0.2) is 57.4 Å². The Morgan fingerprint density at radius 2 is 0.988 bits per heavy atom. The van der Waals surface area contributed by atoms with Crippen molar-refractivity contribution in [3.05, 3.63) is 86.0 Å². The van der Waals surface area contributed by atoms with Crippen LogP contribution < -0.4 is 20.1 Å². The molecule has 0 bridgehead atoms. The van der Waals surface area contributed by atoms with Crippen molar-refractivity contribution in [1.29, 1.82) is 0 Å². The molecule has 4 aromatic heterocycles. The van der Waals surface area contributed by atoms with Crippen molar-refractivity contribution >= 4 is 95.2 Å². The van der Waals surface area contributed by atoms with Gasteiger partial charge in [-0.15, -0.1) is 0 Å². The second-order valence-corrected chi connectivity index (χ2v) is 25.7. The minimum absolute atomic E-state index is 0.0652. The lowest BCUT2D eigenvalue weighted by Gasteiger charge is -2.29. The Hall–Kier alpha value is -5.74. The Morgan fingerprint density at radius 1 is 0.588 bits per heavy atom. The number of aromatic nitrogens is 8. The Bertz CT molecular complexity index is 3040. The Kier molecular flexibility index (Phi) is 18.8. The monoisotopic (exact) mass is 1180 g/mol. The fourth-order valence-corrected chi connectivity index (χ4v) is 12.7. The first-order chi connectivity index (χ1) is 38.2. The van der Waals surface area contributed by atoms with Crippen LogP contribution in [0.5, 0.6) is 11.5 Å². The number of hydrogen-bond acceptors (Lipinski definition) is 24. The maximum atomic E-state index is 15.1. The topological polar surface area (TPSA) is 306 Å². The van der Waals surface area contributed by atoms with E-state index in [0.29, 0.717) is 11.5 Å². The molecule has 3 fully saturated rings. The van der Waals surface area contributed by atoms with E-state index in [0.717, 1.165) is 23.5 Å². The van der Waals surface area contributed by atoms with E-state index < -0.39 is 88.4 Å². The van der Waals surface area contributed by atoms with E-state index in [9.17, 15) is 19.2 Å². The van der Waals surface area contributed by atoms with E-state index >= 15 is 9.13 Å². The minimum atomic E-state index is -4.66. The molecule has 0 spiro atoms. The molecule has 2 amide bonds. The number of thioether (sulfide) groups is 2. The van der Waals surface area contributed by atoms with Crippen LogP contribution in [0, 0.1) is 10.8 Å². The normalized spacial score (nSPS) is 24.5. The number of fused-ring (bicyclic) bond motifs is 4. The zero-order chi connectivity index (χ0) is 56.7. The number of phosphoric ester groups is 2. The van der Waals surface area contributed by atoms with Crippen LogP contribution in [0.15, 0.2) is 86.0 Å². The number of ether oxygens (including phenoxy) is 4. The molecular formula is C50H60N10O16P2S2. The standard InChI is InChI=1S/C50H60N10O16P2S2/c1-49(2,3)47(63)79-19-17-69-77(65)71-23-35-34(22-40(73-35)60-30-56-42-44(52-28-54-46(42)60)58-38(62)26-68-32-15-11-8-12-16-32)76-78(66,70-18-20-80-48(64)50(4,5)6)72-24-36-33(75-77)21-39(74-36)59-29-55-41-43(51-27-53-45(41)59)57-37(61)25-67-31-13-9-7-10-14-31/h7-16,27-30,33-36,39-40H,17-26H2,1-6H3,(H,51,53,57,61)(H,52,54,58,62)/t33-,34-,35-,36-,39-,40-,77?,78?/m1/s1. The van der Waals surface area contributed by atoms with Gasteiger partial charge in [-0.3, -0.25) is 55.5 Å². The van der Waals surface area contributed by atoms with Gasteiger partial charge in [-0.2, -0.15) is 0 Å². The first-order valence-corrected chi connectivity index (χ1v) is 30.2. The molecule has 3 aliphatic heterocycles. The van der Waals surface area contributed by atoms with Crippen LogP contribution in [0.3, 0.4) is 0 Å². The number of benzene rings is 2. The number of anilines is 2. The van der Waals surface area contributed by atoms with Crippen molar-refractivity contribution in [3.8, 4) is 11.5 Å². The van der Waals surface area contributed by atoms with Crippen LogP contribution in [0.1, 0.15) is 66.8 Å². The van der Waals surface area contributed by atoms with Crippen molar-refractivity contribution in [3.63, 3.8) is 0 Å². The van der Waals surface area contributed by atoms with Crippen LogP contribution in [0.25, 0.3) is 22.3 Å². The summed E-state index contributed by atoms with van der Waals surface area (Å²) in [5.41, 5.74) is -0.437. The molecule has 26 nitrogen and oxygen atoms in total. The Balaban J connectivity index is 0.973. The van der Waals surface area contributed by atoms with Gasteiger partial charge in [0.25, 0.3) is 11.8 Å². The molecule has 3 saturated heterocycles. The predicted molar refractivity (Wildman–Crippen MR) is 291 cm³/mol. The highest BCUT2D eigenvalue weighted by atomic mass is 32.2. The molecule has 0 radical (unpaired) electrons. The van der Waals surface area contributed by atoms with Gasteiger partial charge in [0, 0.05) is 35.2 Å². The molecule has 0 aliphatic carbocycles. The molecular weight excluding hydrogens is 1120 g/mol. The first kappa shape index (κ1) is 58.9. The first-order valence-electron chi connectivity index (χ1n) is 25.3. The average molecular weight is 1180 g/mol. The van der Waals surface area contributed by atoms with E-state index in [1.165, 1.54) is 25.3 Å². The lowest BCUT2D eigenvalue weighted by molar-refractivity contribution is -0.118. The molecule has 428 valence electrons. The van der Waals surface area contributed by atoms with E-state index in [1.807, 2.05) is 12.1 Å². The van der Waals surface area contributed by atoms with Gasteiger partial charge >= 0.3 is 15.6 Å². The number of imidazole rings is 2. The van der Waals surface area contributed by atoms with E-state index in [-0.39, 0.29) is 95.0 Å². The lowest BCUT2D eigenvalue weighted by Crippen LogP contribution is -2.33. The third-order valence-electron chi connectivity index (χ3n) is 12.1. The summed E-state index contributed by atoms with van der Waals surface area (Å²) in [4.78, 5) is 78.0. The lowest BCUT2D eigenvalue weighted by atomic mass is 9.99. The van der Waals surface area contributed by atoms with Gasteiger partial charge in [0.05, 0.1) is 39.1 Å². The molecule has 9 rings (SSSR count). The van der Waals surface area contributed by atoms with Crippen LogP contribution >= 0.6 is 39.2 Å². The highest BCUT2D eigenvalue weighted by Crippen LogP contribution is 2.58. The number of nitrogens with one attached hydrogen (secondary N) is 2. The van der Waals surface area contributed by atoms with Gasteiger partial charge in [-0.05, 0) is 24.3 Å². The third kappa shape index (κ3) is 15.0. The maximum Gasteiger partial charge on any atom is 0.475 e. The zero-order valence-electron chi connectivity index (χ0n) is 44.4. The highest BCUT2D eigenvalue weighted by molar-refractivity contribution is 8.14. The number of rotatable bonds is 18. The summed E-state index contributed by atoms with van der Waals surface area (Å²) >= 11 is 1.99. The summed E-state index contributed by atoms with van der Waals surface area (Å²) in [5, 5.41) is 5.18. The SMILES string of the molecule is CC(C)(C)C(=O)SCCOP1(=O)OC[C@H]2O[C@@H](n3cnc4c(NC(=O)COc5ccccc5)ncnc43)C[C@H]2OP(=O)(OCCSC(=O)C(C)(C)C)OC[C@H]2O[C@@H](n3cnc4c(NC(=O)COc5ccccc5)ncnc43)C[C@H]2O1. The summed E-state index contributed by atoms with van der Waals surface area (Å²) in [6.45, 7) is 8.47. The van der Waals surface area contributed by atoms with Gasteiger partial charge in [0.1, 0.15) is 61.0 Å². The fourth-order valence-electron chi connectivity index (χ4n) is 8.10. The number of nitrogens with zero attached hydrogens (tertiary/aromatic N) is 8. The number of carbonyl (C=O) groups excluding carboxylic acids is 4. The van der Waals surface area contributed by atoms with Crippen molar-refractivity contribution in [2.45, 2.75) is 91.3 Å². The second-order valence-electron chi connectivity index (χ2n) is 20.3. The second kappa shape index (κ2) is 25.6. The molecule has 2 N–H and O–H groups in total. The van der Waals surface area contributed by atoms with Crippen molar-refractivity contribution in [2.24, 2.45) is 10.8 Å². The molecule has 3 aliphatic rings. The van der Waals surface area contributed by atoms with Gasteiger partial charge in [-0.1, -0.05) is 101 Å². The van der Waals surface area contributed by atoms with E-state index in [1.54, 1.807) is 99.2 Å². The molecule has 80 heavy (non-hydrogen) atoms. The molecule has 2 unspecified atom stereocenters.